The first-order chi connectivity index (χ1) is 24.2. The quantitative estimate of drug-likeness (QED) is 0.0279. The van der Waals surface area contributed by atoms with Crippen molar-refractivity contribution in [2.24, 2.45) is 5.73 Å². The highest BCUT2D eigenvalue weighted by molar-refractivity contribution is 7.96. The maximum Gasteiger partial charge on any atom is 0.326 e. The van der Waals surface area contributed by atoms with Crippen molar-refractivity contribution in [3.8, 4) is 0 Å². The summed E-state index contributed by atoms with van der Waals surface area (Å²) in [7, 11) is 0. The molecule has 0 aromatic carbocycles. The Kier molecular flexibility index (Phi) is 33.8. The first-order valence-electron chi connectivity index (χ1n) is 20.2. The predicted octanol–water partition coefficient (Wildman–Crippen LogP) is 7.90. The van der Waals surface area contributed by atoms with Crippen LogP contribution < -0.4 is 21.7 Å². The van der Waals surface area contributed by atoms with Gasteiger partial charge in [-0.25, -0.2) is 4.79 Å². The van der Waals surface area contributed by atoms with Crippen LogP contribution in [0.1, 0.15) is 193 Å². The van der Waals surface area contributed by atoms with Gasteiger partial charge in [0.15, 0.2) is 0 Å². The van der Waals surface area contributed by atoms with Gasteiger partial charge in [0, 0.05) is 32.4 Å². The molecule has 0 aliphatic rings. The van der Waals surface area contributed by atoms with Gasteiger partial charge < -0.3 is 26.8 Å². The highest BCUT2D eigenvalue weighted by Gasteiger charge is 2.20. The fraction of sp³-hybridized carbons (Fsp3) is 0.872. The van der Waals surface area contributed by atoms with E-state index in [1.807, 2.05) is 0 Å². The molecule has 0 aromatic rings. The number of carboxylic acids is 1. The number of unbranched alkanes of at least 4 members (excludes halogenated alkanes) is 21. The van der Waals surface area contributed by atoms with Crippen molar-refractivity contribution in [1.29, 1.82) is 0 Å². The lowest BCUT2D eigenvalue weighted by Crippen LogP contribution is -2.41. The van der Waals surface area contributed by atoms with Crippen LogP contribution in [0.2, 0.25) is 0 Å². The number of aliphatic carboxylic acids is 1. The molecule has 0 rings (SSSR count). The van der Waals surface area contributed by atoms with E-state index in [2.05, 4.69) is 35.5 Å². The molecular formula is C39H74N4O6S. The van der Waals surface area contributed by atoms with Crippen LogP contribution >= 0.6 is 12.6 Å². The number of carbonyl (C=O) groups is 5. The molecule has 0 aromatic heterocycles. The summed E-state index contributed by atoms with van der Waals surface area (Å²) >= 11 is 3.72. The minimum absolute atomic E-state index is 0.0761. The van der Waals surface area contributed by atoms with Crippen molar-refractivity contribution in [1.82, 2.24) is 16.0 Å². The molecule has 0 saturated carbocycles. The molecule has 0 fully saturated rings. The van der Waals surface area contributed by atoms with E-state index >= 15 is 0 Å². The number of nitrogens with one attached hydrogen (secondary N) is 3. The van der Waals surface area contributed by atoms with Gasteiger partial charge in [-0.05, 0) is 44.9 Å². The summed E-state index contributed by atoms with van der Waals surface area (Å²) < 4.78 is 0. The van der Waals surface area contributed by atoms with Crippen molar-refractivity contribution in [2.45, 2.75) is 205 Å². The van der Waals surface area contributed by atoms with Gasteiger partial charge in [0.2, 0.25) is 22.8 Å². The summed E-state index contributed by atoms with van der Waals surface area (Å²) in [5.74, 6) is -1.45. The van der Waals surface area contributed by atoms with E-state index in [0.29, 0.717) is 32.4 Å². The van der Waals surface area contributed by atoms with E-state index in [4.69, 9.17) is 5.73 Å². The van der Waals surface area contributed by atoms with Gasteiger partial charge in [-0.2, -0.15) is 0 Å². The highest BCUT2D eigenvalue weighted by atomic mass is 32.1. The molecule has 0 aliphatic heterocycles. The number of amides is 3. The molecule has 0 radical (unpaired) electrons. The minimum Gasteiger partial charge on any atom is -0.480 e. The van der Waals surface area contributed by atoms with Crippen LogP contribution in [-0.2, 0) is 24.0 Å². The van der Waals surface area contributed by atoms with Crippen molar-refractivity contribution in [3.63, 3.8) is 0 Å². The average molecular weight is 727 g/mol. The molecular weight excluding hydrogens is 653 g/mol. The summed E-state index contributed by atoms with van der Waals surface area (Å²) in [6, 6.07) is -1.56. The molecule has 292 valence electrons. The Labute approximate surface area is 309 Å². The fourth-order valence-electron chi connectivity index (χ4n) is 6.00. The molecule has 10 nitrogen and oxygen atoms in total. The third kappa shape index (κ3) is 33.0. The summed E-state index contributed by atoms with van der Waals surface area (Å²) in [4.78, 5) is 59.1. The predicted molar refractivity (Wildman–Crippen MR) is 207 cm³/mol. The number of carbonyl (C=O) groups excluding carboxylic acids is 4. The van der Waals surface area contributed by atoms with Gasteiger partial charge in [-0.1, -0.05) is 129 Å². The van der Waals surface area contributed by atoms with Crippen molar-refractivity contribution in [3.05, 3.63) is 0 Å². The van der Waals surface area contributed by atoms with Gasteiger partial charge in [-0.3, -0.25) is 19.2 Å². The number of nitrogens with two attached hydrogens (primary N) is 1. The minimum atomic E-state index is -1.10. The van der Waals surface area contributed by atoms with Crippen LogP contribution in [0, 0.1) is 0 Å². The lowest BCUT2D eigenvalue weighted by Gasteiger charge is -2.14. The van der Waals surface area contributed by atoms with E-state index in [0.717, 1.165) is 89.9 Å². The number of hydrogen-bond acceptors (Lipinski definition) is 6. The second-order valence-electron chi connectivity index (χ2n) is 14.1. The van der Waals surface area contributed by atoms with Gasteiger partial charge >= 0.3 is 5.97 Å². The maximum absolute atomic E-state index is 12.3. The van der Waals surface area contributed by atoms with Gasteiger partial charge in [0.25, 0.3) is 0 Å². The smallest absolute Gasteiger partial charge is 0.326 e. The lowest BCUT2D eigenvalue weighted by molar-refractivity contribution is -0.142. The molecule has 0 heterocycles. The van der Waals surface area contributed by atoms with E-state index < -0.39 is 18.1 Å². The van der Waals surface area contributed by atoms with E-state index in [-0.39, 0.29) is 35.7 Å². The van der Waals surface area contributed by atoms with Gasteiger partial charge in [0.1, 0.15) is 6.04 Å². The monoisotopic (exact) mass is 727 g/mol. The van der Waals surface area contributed by atoms with Crippen LogP contribution in [0.3, 0.4) is 0 Å². The molecule has 3 amide bonds. The number of thiol groups is 1. The van der Waals surface area contributed by atoms with E-state index in [1.54, 1.807) is 0 Å². The molecule has 50 heavy (non-hydrogen) atoms. The van der Waals surface area contributed by atoms with Crippen LogP contribution in [0.15, 0.2) is 0 Å². The maximum atomic E-state index is 12.3. The van der Waals surface area contributed by atoms with Crippen LogP contribution in [0.5, 0.6) is 0 Å². The molecule has 11 heteroatoms. The second kappa shape index (κ2) is 35.3. The standard InChI is InChI=1S/C39H74N4O6S/c1-2-3-4-5-6-7-8-9-10-12-16-19-22-28-37(46)43-34(38(47)48)29-30-36(45)42-31-24-20-17-14-11-13-15-18-21-27-35(44)41-32-25-23-26-33(40)39(49)50/h33-34H,2-32,40H2,1H3,(H,41,44)(H,42,45)(H,43,46)(H,47,48)(H,49,50)/t33-,34?/m0/s1. The van der Waals surface area contributed by atoms with Crippen molar-refractivity contribution >= 4 is 41.4 Å². The van der Waals surface area contributed by atoms with Crippen LogP contribution in [-0.4, -0.2) is 59.1 Å². The highest BCUT2D eigenvalue weighted by Crippen LogP contribution is 2.14. The Morgan fingerprint density at radius 2 is 0.900 bits per heavy atom. The Balaban J connectivity index is 3.64. The number of rotatable bonds is 37. The summed E-state index contributed by atoms with van der Waals surface area (Å²) in [5, 5.41) is 17.6. The van der Waals surface area contributed by atoms with Crippen LogP contribution in [0.25, 0.3) is 0 Å². The molecule has 0 bridgehead atoms. The van der Waals surface area contributed by atoms with E-state index in [1.165, 1.54) is 64.2 Å². The molecule has 1 unspecified atom stereocenters. The molecule has 0 aliphatic carbocycles. The molecule has 0 saturated heterocycles. The Hall–Kier alpha value is -2.14. The largest absolute Gasteiger partial charge is 0.480 e. The molecule has 0 spiro atoms. The Bertz CT molecular complexity index is 891. The zero-order valence-electron chi connectivity index (χ0n) is 31.6. The number of hydrogen-bond donors (Lipinski definition) is 6. The Morgan fingerprint density at radius 1 is 0.520 bits per heavy atom. The van der Waals surface area contributed by atoms with Crippen molar-refractivity contribution < 1.29 is 29.1 Å². The molecule has 2 atom stereocenters. The summed E-state index contributed by atoms with van der Waals surface area (Å²) in [6.45, 7) is 3.43. The second-order valence-corrected chi connectivity index (χ2v) is 14.5. The first-order valence-corrected chi connectivity index (χ1v) is 20.7. The average Bonchev–Trinajstić information content (AvgIpc) is 3.08. The SMILES string of the molecule is CCCCCCCCCCCCCCCC(=O)NC(CCC(=O)NCCCCCCCCCCCC(=O)NCCCC[C@H](N)C(=O)S)C(=O)O. The fourth-order valence-corrected chi connectivity index (χ4v) is 6.12. The summed E-state index contributed by atoms with van der Waals surface area (Å²) in [5.41, 5.74) is 5.64. The third-order valence-electron chi connectivity index (χ3n) is 9.28. The molecule has 6 N–H and O–H groups in total. The lowest BCUT2D eigenvalue weighted by atomic mass is 10.0. The Morgan fingerprint density at radius 3 is 1.34 bits per heavy atom. The number of carboxylic acid groups (broad SMARTS) is 1. The zero-order valence-corrected chi connectivity index (χ0v) is 32.5. The first kappa shape index (κ1) is 47.9. The van der Waals surface area contributed by atoms with Gasteiger partial charge in [0.05, 0.1) is 6.04 Å². The van der Waals surface area contributed by atoms with E-state index in [9.17, 15) is 29.1 Å². The third-order valence-corrected chi connectivity index (χ3v) is 9.62. The topological polar surface area (TPSA) is 168 Å². The summed E-state index contributed by atoms with van der Waals surface area (Å²) in [6.07, 6.45) is 28.8. The van der Waals surface area contributed by atoms with Gasteiger partial charge in [-0.15, -0.1) is 12.6 Å². The normalized spacial score (nSPS) is 12.3. The van der Waals surface area contributed by atoms with Crippen molar-refractivity contribution in [2.75, 3.05) is 13.1 Å². The van der Waals surface area contributed by atoms with Crippen LogP contribution in [0.4, 0.5) is 0 Å². The zero-order chi connectivity index (χ0) is 37.1.